The summed E-state index contributed by atoms with van der Waals surface area (Å²) in [5, 5.41) is 3.97. The molecule has 1 amide bonds. The van der Waals surface area contributed by atoms with Crippen molar-refractivity contribution in [2.75, 3.05) is 0 Å². The number of aryl methyl sites for hydroxylation is 2. The molecule has 0 N–H and O–H groups in total. The number of carbonyl (C=O) groups excluding carboxylic acids is 1. The fourth-order valence-corrected chi connectivity index (χ4v) is 3.65. The number of nitrogens with zero attached hydrogens (tertiary/aromatic N) is 3. The zero-order valence-corrected chi connectivity index (χ0v) is 14.3. The Kier molecular flexibility index (Phi) is 5.68. The van der Waals surface area contributed by atoms with Crippen molar-refractivity contribution in [1.82, 2.24) is 15.0 Å². The third kappa shape index (κ3) is 4.55. The second-order valence-electron chi connectivity index (χ2n) is 7.03. The summed E-state index contributed by atoms with van der Waals surface area (Å²) in [5.74, 6) is 1.81. The molecule has 5 heteroatoms. The molecule has 0 unspecified atom stereocenters. The van der Waals surface area contributed by atoms with E-state index in [4.69, 9.17) is 4.52 Å². The smallest absolute Gasteiger partial charge is 0.226 e. The predicted molar refractivity (Wildman–Crippen MR) is 88.0 cm³/mol. The lowest BCUT2D eigenvalue weighted by Gasteiger charge is -2.34. The molecule has 0 aliphatic heterocycles. The van der Waals surface area contributed by atoms with Crippen LogP contribution in [0.5, 0.6) is 0 Å². The minimum absolute atomic E-state index is 0.340. The molecule has 3 rings (SSSR count). The van der Waals surface area contributed by atoms with Crippen LogP contribution in [0.3, 0.4) is 0 Å². The maximum Gasteiger partial charge on any atom is 0.226 e. The van der Waals surface area contributed by atoms with Crippen molar-refractivity contribution in [3.8, 4) is 0 Å². The summed E-state index contributed by atoms with van der Waals surface area (Å²) < 4.78 is 5.25. The summed E-state index contributed by atoms with van der Waals surface area (Å²) in [6.07, 6.45) is 12.7. The van der Waals surface area contributed by atoms with Gasteiger partial charge in [0, 0.05) is 31.3 Å². The second kappa shape index (κ2) is 7.93. The fourth-order valence-electron chi connectivity index (χ4n) is 3.65. The topological polar surface area (TPSA) is 59.2 Å². The molecule has 2 saturated carbocycles. The first kappa shape index (κ1) is 16.5. The van der Waals surface area contributed by atoms with Crippen LogP contribution in [0.2, 0.25) is 0 Å². The summed E-state index contributed by atoms with van der Waals surface area (Å²) in [6, 6.07) is 1.04. The van der Waals surface area contributed by atoms with Crippen molar-refractivity contribution in [3.63, 3.8) is 0 Å². The Morgan fingerprint density at radius 3 is 2.57 bits per heavy atom. The number of carbonyl (C=O) groups is 1. The first-order valence-electron chi connectivity index (χ1n) is 9.40. The van der Waals surface area contributed by atoms with E-state index in [9.17, 15) is 4.79 Å². The minimum Gasteiger partial charge on any atom is -0.339 e. The first-order valence-corrected chi connectivity index (χ1v) is 9.40. The van der Waals surface area contributed by atoms with Gasteiger partial charge in [0.2, 0.25) is 11.8 Å². The van der Waals surface area contributed by atoms with Crippen molar-refractivity contribution in [3.05, 3.63) is 11.7 Å². The highest BCUT2D eigenvalue weighted by Crippen LogP contribution is 2.34. The molecule has 1 aromatic heterocycles. The van der Waals surface area contributed by atoms with Crippen LogP contribution >= 0.6 is 0 Å². The van der Waals surface area contributed by atoms with E-state index in [0.717, 1.165) is 25.1 Å². The van der Waals surface area contributed by atoms with Gasteiger partial charge in [-0.1, -0.05) is 31.3 Å². The summed E-state index contributed by atoms with van der Waals surface area (Å²) in [5.41, 5.74) is 0. The van der Waals surface area contributed by atoms with E-state index in [2.05, 4.69) is 22.0 Å². The largest absolute Gasteiger partial charge is 0.339 e. The molecule has 5 nitrogen and oxygen atoms in total. The molecule has 0 saturated heterocycles. The molecule has 0 bridgehead atoms. The Balaban J connectivity index is 1.46. The quantitative estimate of drug-likeness (QED) is 0.733. The molecular weight excluding hydrogens is 290 g/mol. The Labute approximate surface area is 138 Å². The van der Waals surface area contributed by atoms with Gasteiger partial charge in [-0.3, -0.25) is 4.79 Å². The van der Waals surface area contributed by atoms with Gasteiger partial charge in [0.25, 0.3) is 0 Å². The number of hydrogen-bond donors (Lipinski definition) is 0. The third-order valence-corrected chi connectivity index (χ3v) is 4.96. The van der Waals surface area contributed by atoms with Crippen LogP contribution in [0.1, 0.15) is 82.8 Å². The maximum absolute atomic E-state index is 12.7. The van der Waals surface area contributed by atoms with Gasteiger partial charge in [-0.15, -0.1) is 0 Å². The average molecular weight is 319 g/mol. The Hall–Kier alpha value is -1.39. The van der Waals surface area contributed by atoms with Crippen molar-refractivity contribution < 1.29 is 9.32 Å². The van der Waals surface area contributed by atoms with Crippen LogP contribution in [0.25, 0.3) is 0 Å². The van der Waals surface area contributed by atoms with Crippen LogP contribution in [0.15, 0.2) is 4.52 Å². The van der Waals surface area contributed by atoms with Gasteiger partial charge in [0.15, 0.2) is 5.82 Å². The highest BCUT2D eigenvalue weighted by molar-refractivity contribution is 5.77. The Morgan fingerprint density at radius 1 is 1.13 bits per heavy atom. The molecule has 2 fully saturated rings. The lowest BCUT2D eigenvalue weighted by Crippen LogP contribution is -2.43. The van der Waals surface area contributed by atoms with Crippen molar-refractivity contribution >= 4 is 5.91 Å². The molecule has 0 spiro atoms. The zero-order chi connectivity index (χ0) is 16.1. The normalized spacial score (nSPS) is 19.0. The second-order valence-corrected chi connectivity index (χ2v) is 7.03. The van der Waals surface area contributed by atoms with Crippen LogP contribution in [0.4, 0.5) is 0 Å². The predicted octanol–water partition coefficient (Wildman–Crippen LogP) is 3.67. The van der Waals surface area contributed by atoms with Gasteiger partial charge >= 0.3 is 0 Å². The molecular formula is C18H29N3O2. The third-order valence-electron chi connectivity index (χ3n) is 4.96. The van der Waals surface area contributed by atoms with Crippen LogP contribution in [-0.4, -0.2) is 33.0 Å². The van der Waals surface area contributed by atoms with E-state index >= 15 is 0 Å². The SMILES string of the molecule is CCCc1noc(CCCC(=O)N(C2CCCCC2)C2CC2)n1. The monoisotopic (exact) mass is 319 g/mol. The number of rotatable bonds is 8. The molecule has 0 atom stereocenters. The van der Waals surface area contributed by atoms with Crippen molar-refractivity contribution in [2.24, 2.45) is 0 Å². The van der Waals surface area contributed by atoms with E-state index in [-0.39, 0.29) is 0 Å². The average Bonchev–Trinajstić information content (AvgIpc) is 3.29. The summed E-state index contributed by atoms with van der Waals surface area (Å²) in [6.45, 7) is 2.10. The standard InChI is InChI=1S/C18H29N3O2/c1-2-7-16-19-17(23-20-16)10-6-11-18(22)21(15-12-13-15)14-8-4-3-5-9-14/h14-15H,2-13H2,1H3. The van der Waals surface area contributed by atoms with Gasteiger partial charge in [0.1, 0.15) is 0 Å². The molecule has 2 aliphatic carbocycles. The molecule has 1 aromatic rings. The lowest BCUT2D eigenvalue weighted by molar-refractivity contribution is -0.135. The number of aromatic nitrogens is 2. The van der Waals surface area contributed by atoms with Gasteiger partial charge in [-0.2, -0.15) is 4.98 Å². The molecule has 2 aliphatic rings. The van der Waals surface area contributed by atoms with E-state index in [0.29, 0.717) is 36.7 Å². The van der Waals surface area contributed by atoms with Crippen LogP contribution in [-0.2, 0) is 17.6 Å². The number of hydrogen-bond acceptors (Lipinski definition) is 4. The van der Waals surface area contributed by atoms with Gasteiger partial charge in [0.05, 0.1) is 0 Å². The van der Waals surface area contributed by atoms with E-state index in [1.165, 1.54) is 44.9 Å². The Bertz CT molecular complexity index is 504. The van der Waals surface area contributed by atoms with E-state index in [1.54, 1.807) is 0 Å². The van der Waals surface area contributed by atoms with E-state index in [1.807, 2.05) is 0 Å². The maximum atomic E-state index is 12.7. The molecule has 23 heavy (non-hydrogen) atoms. The zero-order valence-electron chi connectivity index (χ0n) is 14.3. The van der Waals surface area contributed by atoms with Crippen LogP contribution in [0, 0.1) is 0 Å². The lowest BCUT2D eigenvalue weighted by atomic mass is 9.93. The Morgan fingerprint density at radius 2 is 1.87 bits per heavy atom. The first-order chi connectivity index (χ1) is 11.3. The molecule has 0 radical (unpaired) electrons. The summed E-state index contributed by atoms with van der Waals surface area (Å²) >= 11 is 0. The highest BCUT2D eigenvalue weighted by Gasteiger charge is 2.37. The summed E-state index contributed by atoms with van der Waals surface area (Å²) in [7, 11) is 0. The minimum atomic E-state index is 0.340. The molecule has 0 aromatic carbocycles. The van der Waals surface area contributed by atoms with Gasteiger partial charge in [-0.25, -0.2) is 0 Å². The van der Waals surface area contributed by atoms with Gasteiger partial charge in [-0.05, 0) is 38.5 Å². The molecule has 1 heterocycles. The summed E-state index contributed by atoms with van der Waals surface area (Å²) in [4.78, 5) is 19.3. The fraction of sp³-hybridized carbons (Fsp3) is 0.833. The van der Waals surface area contributed by atoms with E-state index < -0.39 is 0 Å². The van der Waals surface area contributed by atoms with Gasteiger partial charge < -0.3 is 9.42 Å². The molecule has 128 valence electrons. The van der Waals surface area contributed by atoms with Crippen molar-refractivity contribution in [2.45, 2.75) is 96.1 Å². The number of amides is 1. The van der Waals surface area contributed by atoms with Crippen LogP contribution < -0.4 is 0 Å². The highest BCUT2D eigenvalue weighted by atomic mass is 16.5. The van der Waals surface area contributed by atoms with Crippen molar-refractivity contribution in [1.29, 1.82) is 0 Å².